The van der Waals surface area contributed by atoms with E-state index in [2.05, 4.69) is 101 Å². The lowest BCUT2D eigenvalue weighted by molar-refractivity contribution is 0.132. The Kier molecular flexibility index (Phi) is 10.3. The molecule has 2 aromatic rings. The number of benzene rings is 1. The van der Waals surface area contributed by atoms with Crippen molar-refractivity contribution in [3.63, 3.8) is 0 Å². The smallest absolute Gasteiger partial charge is 0.122 e. The van der Waals surface area contributed by atoms with Crippen molar-refractivity contribution in [2.24, 2.45) is 5.92 Å². The van der Waals surface area contributed by atoms with Gasteiger partial charge in [-0.3, -0.25) is 0 Å². The summed E-state index contributed by atoms with van der Waals surface area (Å²) in [7, 11) is 0. The molecule has 4 nitrogen and oxygen atoms in total. The minimum Gasteiger partial charge on any atom is -0.463 e. The summed E-state index contributed by atoms with van der Waals surface area (Å²) >= 11 is 0. The molecule has 9 rings (SSSR count). The fraction of sp³-hybridized carbons (Fsp3) is 0.551. The standard InChI is InChI=1S/C49H63N3O/c1-35(25-34-45-36(2)53-49-24-14-13-23-48(49)51(45)39-17-7-4-8-18-39)50(40-28-26-38(27-29-40)37-15-5-3-6-16-37)41-30-32-42(33-31-41)52-46-21-11-9-19-43(46)44-20-10-12-22-47(44)52/h9-11,17,19-21,24,26,30-32,35,37,40,42,48H,3-8,12-16,18,22-23,25,27-29,33-34H2,1-2H3/t35?,40?,42?,48-/m1/s1. The van der Waals surface area contributed by atoms with Crippen LogP contribution in [0.3, 0.4) is 0 Å². The van der Waals surface area contributed by atoms with Gasteiger partial charge in [0.2, 0.25) is 0 Å². The zero-order valence-corrected chi connectivity index (χ0v) is 32.7. The molecule has 4 atom stereocenters. The molecule has 0 amide bonds. The molecule has 3 unspecified atom stereocenters. The molecule has 6 aliphatic carbocycles. The normalized spacial score (nSPS) is 27.0. The molecule has 7 aliphatic rings. The Labute approximate surface area is 319 Å². The molecule has 0 bridgehead atoms. The maximum atomic E-state index is 6.66. The van der Waals surface area contributed by atoms with Gasteiger partial charge in [0.05, 0.1) is 17.8 Å². The van der Waals surface area contributed by atoms with Gasteiger partial charge < -0.3 is 19.1 Å². The third-order valence-corrected chi connectivity index (χ3v) is 14.0. The number of aromatic nitrogens is 1. The molecule has 1 fully saturated rings. The summed E-state index contributed by atoms with van der Waals surface area (Å²) in [6.07, 6.45) is 45.1. The summed E-state index contributed by atoms with van der Waals surface area (Å²) in [5, 5.41) is 1.41. The first-order valence-electron chi connectivity index (χ1n) is 21.8. The fourth-order valence-electron chi connectivity index (χ4n) is 11.3. The zero-order chi connectivity index (χ0) is 35.7. The maximum Gasteiger partial charge on any atom is 0.122 e. The molecular formula is C49H63N3O. The fourth-order valence-corrected chi connectivity index (χ4v) is 11.3. The second kappa shape index (κ2) is 15.6. The lowest BCUT2D eigenvalue weighted by Crippen LogP contribution is -2.44. The van der Waals surface area contributed by atoms with Crippen LogP contribution in [0.25, 0.3) is 17.0 Å². The molecule has 1 saturated carbocycles. The van der Waals surface area contributed by atoms with E-state index in [1.807, 2.05) is 0 Å². The van der Waals surface area contributed by atoms with Gasteiger partial charge in [-0.15, -0.1) is 0 Å². The summed E-state index contributed by atoms with van der Waals surface area (Å²) in [4.78, 5) is 5.64. The van der Waals surface area contributed by atoms with Crippen molar-refractivity contribution < 1.29 is 4.74 Å². The van der Waals surface area contributed by atoms with Gasteiger partial charge in [0.25, 0.3) is 0 Å². The molecular weight excluding hydrogens is 647 g/mol. The molecule has 0 N–H and O–H groups in total. The SMILES string of the molecule is CC1=C(CCC(C)N(C2=CCC(n3c4c(c5ccccc53)C=CCC4)C=C2)C2CC=C(C3CCCCC3)CC2)N(C2=CCCCC2)[C@@H]2CCCC=C2O1. The molecule has 4 heteroatoms. The van der Waals surface area contributed by atoms with E-state index >= 15 is 0 Å². The van der Waals surface area contributed by atoms with Crippen LogP contribution < -0.4 is 0 Å². The van der Waals surface area contributed by atoms with Gasteiger partial charge in [-0.25, -0.2) is 0 Å². The number of para-hydroxylation sites is 1. The Morgan fingerprint density at radius 2 is 1.72 bits per heavy atom. The summed E-state index contributed by atoms with van der Waals surface area (Å²) in [5.74, 6) is 3.19. The van der Waals surface area contributed by atoms with Crippen LogP contribution in [-0.2, 0) is 11.2 Å². The van der Waals surface area contributed by atoms with E-state index < -0.39 is 0 Å². The van der Waals surface area contributed by atoms with Crippen LogP contribution >= 0.6 is 0 Å². The van der Waals surface area contributed by atoms with Gasteiger partial charge in [0, 0.05) is 45.6 Å². The number of hydrogen-bond donors (Lipinski definition) is 0. The van der Waals surface area contributed by atoms with Crippen molar-refractivity contribution in [2.45, 2.75) is 166 Å². The summed E-state index contributed by atoms with van der Waals surface area (Å²) < 4.78 is 9.33. The quantitative estimate of drug-likeness (QED) is 0.242. The second-order valence-electron chi connectivity index (χ2n) is 17.3. The van der Waals surface area contributed by atoms with Crippen molar-refractivity contribution >= 4 is 17.0 Å². The van der Waals surface area contributed by atoms with E-state index in [0.717, 1.165) is 50.2 Å². The van der Waals surface area contributed by atoms with E-state index in [1.54, 1.807) is 11.3 Å². The minimum atomic E-state index is 0.363. The van der Waals surface area contributed by atoms with Crippen molar-refractivity contribution in [1.29, 1.82) is 0 Å². The second-order valence-corrected chi connectivity index (χ2v) is 17.3. The van der Waals surface area contributed by atoms with Crippen molar-refractivity contribution in [3.05, 3.63) is 112 Å². The number of nitrogens with zero attached hydrogens (tertiary/aromatic N) is 3. The predicted octanol–water partition coefficient (Wildman–Crippen LogP) is 13.0. The summed E-state index contributed by atoms with van der Waals surface area (Å²) in [6, 6.07) is 10.8. The third kappa shape index (κ3) is 6.94. The molecule has 1 aromatic heterocycles. The molecule has 53 heavy (non-hydrogen) atoms. The van der Waals surface area contributed by atoms with Crippen LogP contribution in [0.2, 0.25) is 0 Å². The molecule has 0 saturated heterocycles. The number of fused-ring (bicyclic) bond motifs is 4. The van der Waals surface area contributed by atoms with E-state index in [1.165, 1.54) is 129 Å². The largest absolute Gasteiger partial charge is 0.463 e. The van der Waals surface area contributed by atoms with Crippen LogP contribution in [0, 0.1) is 5.92 Å². The first-order valence-corrected chi connectivity index (χ1v) is 21.8. The lowest BCUT2D eigenvalue weighted by Gasteiger charge is -2.46. The first kappa shape index (κ1) is 35.1. The van der Waals surface area contributed by atoms with Crippen molar-refractivity contribution in [3.8, 4) is 0 Å². The number of rotatable bonds is 9. The molecule has 280 valence electrons. The van der Waals surface area contributed by atoms with Crippen LogP contribution in [0.4, 0.5) is 0 Å². The minimum absolute atomic E-state index is 0.363. The third-order valence-electron chi connectivity index (χ3n) is 14.0. The Balaban J connectivity index is 0.988. The van der Waals surface area contributed by atoms with Gasteiger partial charge in [0.1, 0.15) is 11.5 Å². The molecule has 1 aromatic carbocycles. The average Bonchev–Trinajstić information content (AvgIpc) is 3.55. The maximum absolute atomic E-state index is 6.66. The van der Waals surface area contributed by atoms with Gasteiger partial charge in [0.15, 0.2) is 0 Å². The summed E-state index contributed by atoms with van der Waals surface area (Å²) in [5.41, 5.74) is 10.6. The molecule has 0 spiro atoms. The Morgan fingerprint density at radius 3 is 2.53 bits per heavy atom. The van der Waals surface area contributed by atoms with Gasteiger partial charge in [-0.05, 0) is 147 Å². The van der Waals surface area contributed by atoms with Crippen LogP contribution in [0.15, 0.2) is 101 Å². The van der Waals surface area contributed by atoms with E-state index in [0.29, 0.717) is 24.2 Å². The predicted molar refractivity (Wildman–Crippen MR) is 221 cm³/mol. The molecule has 2 heterocycles. The van der Waals surface area contributed by atoms with Gasteiger partial charge >= 0.3 is 0 Å². The van der Waals surface area contributed by atoms with E-state index in [4.69, 9.17) is 4.74 Å². The lowest BCUT2D eigenvalue weighted by atomic mass is 9.78. The highest BCUT2D eigenvalue weighted by Crippen LogP contribution is 2.43. The highest BCUT2D eigenvalue weighted by Gasteiger charge is 2.37. The number of ether oxygens (including phenoxy) is 1. The van der Waals surface area contributed by atoms with Crippen LogP contribution in [-0.4, -0.2) is 32.5 Å². The molecule has 1 aliphatic heterocycles. The van der Waals surface area contributed by atoms with Crippen molar-refractivity contribution in [1.82, 2.24) is 14.4 Å². The number of hydrogen-bond acceptors (Lipinski definition) is 3. The van der Waals surface area contributed by atoms with E-state index in [9.17, 15) is 0 Å². The van der Waals surface area contributed by atoms with Gasteiger partial charge in [-0.2, -0.15) is 0 Å². The van der Waals surface area contributed by atoms with Gasteiger partial charge in [-0.1, -0.05) is 79.5 Å². The van der Waals surface area contributed by atoms with Crippen LogP contribution in [0.5, 0.6) is 0 Å². The Hall–Kier alpha value is -3.66. The topological polar surface area (TPSA) is 20.6 Å². The summed E-state index contributed by atoms with van der Waals surface area (Å²) in [6.45, 7) is 4.77. The highest BCUT2D eigenvalue weighted by atomic mass is 16.5. The van der Waals surface area contributed by atoms with Crippen LogP contribution in [0.1, 0.15) is 153 Å². The average molecular weight is 710 g/mol. The Bertz CT molecular complexity index is 1890. The monoisotopic (exact) mass is 709 g/mol. The first-order chi connectivity index (χ1) is 26.1. The van der Waals surface area contributed by atoms with E-state index in [-0.39, 0.29) is 0 Å². The zero-order valence-electron chi connectivity index (χ0n) is 32.7. The number of allylic oxidation sites excluding steroid dienone is 10. The van der Waals surface area contributed by atoms with Crippen molar-refractivity contribution in [2.75, 3.05) is 0 Å². The Morgan fingerprint density at radius 1 is 0.830 bits per heavy atom. The highest BCUT2D eigenvalue weighted by molar-refractivity contribution is 5.92. The molecule has 0 radical (unpaired) electrons.